The fraction of sp³-hybridized carbons (Fsp3) is 0.444. The summed E-state index contributed by atoms with van der Waals surface area (Å²) in [5.41, 5.74) is 1.79. The van der Waals surface area contributed by atoms with E-state index in [1.54, 1.807) is 32.2 Å². The Morgan fingerprint density at radius 2 is 2.03 bits per heavy atom. The summed E-state index contributed by atoms with van der Waals surface area (Å²) in [6.07, 6.45) is 5.08. The smallest absolute Gasteiger partial charge is 0.330 e. The van der Waals surface area contributed by atoms with E-state index in [1.807, 2.05) is 24.3 Å². The molecule has 188 valence electrons. The van der Waals surface area contributed by atoms with Gasteiger partial charge in [0.2, 0.25) is 0 Å². The predicted octanol–water partition coefficient (Wildman–Crippen LogP) is 4.13. The monoisotopic (exact) mass is 501 g/mol. The van der Waals surface area contributed by atoms with Gasteiger partial charge in [-0.25, -0.2) is 4.79 Å². The maximum atomic E-state index is 11.5. The third-order valence-corrected chi connectivity index (χ3v) is 6.65. The average Bonchev–Trinajstić information content (AvgIpc) is 3.20. The summed E-state index contributed by atoms with van der Waals surface area (Å²) in [5.74, 6) is 1.61. The molecule has 7 nitrogen and oxygen atoms in total. The van der Waals surface area contributed by atoms with E-state index >= 15 is 0 Å². The zero-order chi connectivity index (χ0) is 24.8. The Morgan fingerprint density at radius 1 is 1.23 bits per heavy atom. The van der Waals surface area contributed by atoms with Crippen LogP contribution in [0.5, 0.6) is 17.2 Å². The number of aliphatic hydroxyl groups excluding tert-OH is 1. The highest BCUT2D eigenvalue weighted by atomic mass is 35.5. The van der Waals surface area contributed by atoms with Crippen LogP contribution < -0.4 is 14.2 Å². The molecule has 2 heterocycles. The van der Waals surface area contributed by atoms with Crippen LogP contribution >= 0.6 is 11.6 Å². The van der Waals surface area contributed by atoms with Crippen LogP contribution in [0.4, 0.5) is 0 Å². The Morgan fingerprint density at radius 3 is 2.77 bits per heavy atom. The summed E-state index contributed by atoms with van der Waals surface area (Å²) in [6.45, 7) is 4.47. The number of rotatable bonds is 9. The number of aliphatic hydroxyl groups is 1. The molecule has 0 amide bonds. The molecule has 1 atom stereocenters. The van der Waals surface area contributed by atoms with Crippen LogP contribution in [0, 0.1) is 0 Å². The normalized spacial score (nSPS) is 17.7. The molecule has 1 saturated heterocycles. The quantitative estimate of drug-likeness (QED) is 0.409. The van der Waals surface area contributed by atoms with Gasteiger partial charge in [-0.1, -0.05) is 17.7 Å². The van der Waals surface area contributed by atoms with E-state index < -0.39 is 12.1 Å². The third-order valence-electron chi connectivity index (χ3n) is 6.42. The minimum absolute atomic E-state index is 0.149. The first-order chi connectivity index (χ1) is 16.9. The van der Waals surface area contributed by atoms with Gasteiger partial charge in [0.05, 0.1) is 13.7 Å². The summed E-state index contributed by atoms with van der Waals surface area (Å²) >= 11 is 6.14. The van der Waals surface area contributed by atoms with E-state index in [0.29, 0.717) is 24.7 Å². The van der Waals surface area contributed by atoms with E-state index in [-0.39, 0.29) is 12.2 Å². The van der Waals surface area contributed by atoms with Crippen molar-refractivity contribution < 1.29 is 28.8 Å². The van der Waals surface area contributed by atoms with Crippen LogP contribution in [0.1, 0.15) is 30.9 Å². The minimum atomic E-state index is -0.641. The standard InChI is InChI=1S/C27H32ClNO6/c1-3-33-26(31)9-5-19-4-7-24(25(14-19)32-2)34-18-22(30)17-29-12-10-27(11-13-29)16-20-15-21(28)6-8-23(20)35-27/h4-9,14-15,22,30H,3,10-13,16-18H2,1-2H3/t22-/m0/s1. The summed E-state index contributed by atoms with van der Waals surface area (Å²) < 4.78 is 22.5. The second-order valence-corrected chi connectivity index (χ2v) is 9.41. The van der Waals surface area contributed by atoms with Crippen molar-refractivity contribution in [1.82, 2.24) is 4.90 Å². The van der Waals surface area contributed by atoms with Gasteiger partial charge >= 0.3 is 5.97 Å². The molecule has 2 aromatic carbocycles. The maximum Gasteiger partial charge on any atom is 0.330 e. The number of piperidine rings is 1. The Balaban J connectivity index is 1.25. The molecule has 1 fully saturated rings. The zero-order valence-electron chi connectivity index (χ0n) is 20.2. The van der Waals surface area contributed by atoms with Crippen LogP contribution in [0.3, 0.4) is 0 Å². The van der Waals surface area contributed by atoms with Crippen molar-refractivity contribution in [3.63, 3.8) is 0 Å². The summed E-state index contributed by atoms with van der Waals surface area (Å²) in [6, 6.07) is 11.2. The van der Waals surface area contributed by atoms with E-state index in [4.69, 9.17) is 30.5 Å². The second kappa shape index (κ2) is 11.3. The number of likely N-dealkylation sites (tertiary alicyclic amines) is 1. The summed E-state index contributed by atoms with van der Waals surface area (Å²) in [5, 5.41) is 11.3. The number of carbonyl (C=O) groups is 1. The minimum Gasteiger partial charge on any atom is -0.493 e. The molecule has 4 rings (SSSR count). The van der Waals surface area contributed by atoms with Crippen molar-refractivity contribution in [3.05, 3.63) is 58.6 Å². The first-order valence-corrected chi connectivity index (χ1v) is 12.3. The summed E-state index contributed by atoms with van der Waals surface area (Å²) in [7, 11) is 1.55. The number of hydrogen-bond acceptors (Lipinski definition) is 7. The molecule has 2 aliphatic rings. The molecule has 0 saturated carbocycles. The van der Waals surface area contributed by atoms with Gasteiger partial charge in [0.1, 0.15) is 24.1 Å². The summed E-state index contributed by atoms with van der Waals surface area (Å²) in [4.78, 5) is 13.8. The largest absolute Gasteiger partial charge is 0.493 e. The molecule has 0 radical (unpaired) electrons. The van der Waals surface area contributed by atoms with E-state index in [1.165, 1.54) is 11.6 Å². The number of β-amino-alcohol motifs (C(OH)–C–C–N with tert-alkyl or cyclic N) is 1. The lowest BCUT2D eigenvalue weighted by molar-refractivity contribution is -0.137. The van der Waals surface area contributed by atoms with Gasteiger partial charge in [-0.2, -0.15) is 0 Å². The first-order valence-electron chi connectivity index (χ1n) is 11.9. The molecular weight excluding hydrogens is 470 g/mol. The fourth-order valence-electron chi connectivity index (χ4n) is 4.62. The van der Waals surface area contributed by atoms with Crippen molar-refractivity contribution in [2.45, 2.75) is 37.9 Å². The highest BCUT2D eigenvalue weighted by Gasteiger charge is 2.42. The number of ether oxygens (including phenoxy) is 4. The Hall–Kier alpha value is -2.74. The van der Waals surface area contributed by atoms with Gasteiger partial charge in [0, 0.05) is 50.0 Å². The topological polar surface area (TPSA) is 77.5 Å². The van der Waals surface area contributed by atoms with Gasteiger partial charge in [-0.05, 0) is 54.5 Å². The molecule has 1 spiro atoms. The Labute approximate surface area is 211 Å². The van der Waals surface area contributed by atoms with Gasteiger partial charge in [0.15, 0.2) is 11.5 Å². The molecule has 1 N–H and O–H groups in total. The number of esters is 1. The van der Waals surface area contributed by atoms with Crippen LogP contribution in [-0.2, 0) is 16.0 Å². The Bertz CT molecular complexity index is 1060. The average molecular weight is 502 g/mol. The van der Waals surface area contributed by atoms with Crippen LogP contribution in [0.2, 0.25) is 5.02 Å². The molecule has 0 unspecified atom stereocenters. The molecule has 2 aromatic rings. The molecule has 2 aliphatic heterocycles. The lowest BCUT2D eigenvalue weighted by Crippen LogP contribution is -2.49. The van der Waals surface area contributed by atoms with E-state index in [9.17, 15) is 9.90 Å². The van der Waals surface area contributed by atoms with Crippen molar-refractivity contribution in [3.8, 4) is 17.2 Å². The zero-order valence-corrected chi connectivity index (χ0v) is 20.9. The number of fused-ring (bicyclic) bond motifs is 1. The third kappa shape index (κ3) is 6.48. The lowest BCUT2D eigenvalue weighted by Gasteiger charge is -2.39. The van der Waals surface area contributed by atoms with Crippen LogP contribution in [0.15, 0.2) is 42.5 Å². The van der Waals surface area contributed by atoms with Crippen LogP contribution in [-0.4, -0.2) is 67.6 Å². The molecule has 35 heavy (non-hydrogen) atoms. The molecule has 0 aromatic heterocycles. The highest BCUT2D eigenvalue weighted by molar-refractivity contribution is 6.30. The van der Waals surface area contributed by atoms with E-state index in [0.717, 1.165) is 48.7 Å². The highest BCUT2D eigenvalue weighted by Crippen LogP contribution is 2.42. The first kappa shape index (κ1) is 25.4. The van der Waals surface area contributed by atoms with Gasteiger partial charge in [0.25, 0.3) is 0 Å². The number of halogens is 1. The van der Waals surface area contributed by atoms with E-state index in [2.05, 4.69) is 4.90 Å². The Kier molecular flexibility index (Phi) is 8.21. The van der Waals surface area contributed by atoms with Crippen molar-refractivity contribution in [2.75, 3.05) is 40.0 Å². The van der Waals surface area contributed by atoms with Gasteiger partial charge < -0.3 is 29.0 Å². The lowest BCUT2D eigenvalue weighted by atomic mass is 9.87. The van der Waals surface area contributed by atoms with Crippen molar-refractivity contribution >= 4 is 23.6 Å². The maximum absolute atomic E-state index is 11.5. The number of carbonyl (C=O) groups excluding carboxylic acids is 1. The molecule has 8 heteroatoms. The predicted molar refractivity (Wildman–Crippen MR) is 134 cm³/mol. The van der Waals surface area contributed by atoms with Crippen molar-refractivity contribution in [1.29, 1.82) is 0 Å². The number of nitrogens with zero attached hydrogens (tertiary/aromatic N) is 1. The number of benzene rings is 2. The second-order valence-electron chi connectivity index (χ2n) is 8.98. The number of hydrogen-bond donors (Lipinski definition) is 1. The molecule has 0 bridgehead atoms. The SMILES string of the molecule is CCOC(=O)C=Cc1ccc(OC[C@@H](O)CN2CCC3(CC2)Cc2cc(Cl)ccc2O3)c(OC)c1. The fourth-order valence-corrected chi connectivity index (χ4v) is 4.82. The number of methoxy groups -OCH3 is 1. The van der Waals surface area contributed by atoms with Crippen molar-refractivity contribution in [2.24, 2.45) is 0 Å². The van der Waals surface area contributed by atoms with Crippen LogP contribution in [0.25, 0.3) is 6.08 Å². The van der Waals surface area contributed by atoms with Gasteiger partial charge in [-0.15, -0.1) is 0 Å². The van der Waals surface area contributed by atoms with Gasteiger partial charge in [-0.3, -0.25) is 0 Å². The molecular formula is C27H32ClNO6. The molecule has 0 aliphatic carbocycles.